The summed E-state index contributed by atoms with van der Waals surface area (Å²) in [5.74, 6) is -2.62. The van der Waals surface area contributed by atoms with Gasteiger partial charge in [0.2, 0.25) is 0 Å². The molecule has 0 aliphatic heterocycles. The molecule has 0 fully saturated rings. The second kappa shape index (κ2) is 16.1. The molecule has 0 aliphatic rings. The van der Waals surface area contributed by atoms with Gasteiger partial charge in [-0.3, -0.25) is 19.9 Å². The molecule has 50 heavy (non-hydrogen) atoms. The summed E-state index contributed by atoms with van der Waals surface area (Å²) in [7, 11) is 3.55. The van der Waals surface area contributed by atoms with E-state index in [1.165, 1.54) is 30.3 Å². The lowest BCUT2D eigenvalue weighted by Gasteiger charge is -2.22. The number of amides is 1. The Hall–Kier alpha value is -5.79. The standard InChI is InChI=1S/C37H32F2N4O6S/c1-4-48-36(44)32-29(22-41(2)3)34(26-18-20-27(21-19-26)43(46)47)50-35(32)42(23-28-30(38)16-11-17-31(28)39)37(45)49-40-33(24-12-7-5-8-13-24)25-14-9-6-10-15-25/h5-21H,4,22-23H2,1-3H3. The van der Waals surface area contributed by atoms with E-state index in [1.54, 1.807) is 74.4 Å². The summed E-state index contributed by atoms with van der Waals surface area (Å²) in [6, 6.07) is 27.0. The predicted molar refractivity (Wildman–Crippen MR) is 187 cm³/mol. The lowest BCUT2D eigenvalue weighted by molar-refractivity contribution is -0.384. The number of carbonyl (C=O) groups excluding carboxylic acids is 2. The number of esters is 1. The zero-order valence-electron chi connectivity index (χ0n) is 27.3. The second-order valence-electron chi connectivity index (χ2n) is 11.2. The number of benzene rings is 4. The van der Waals surface area contributed by atoms with Crippen LogP contribution in [0, 0.1) is 21.7 Å². The number of nitrogens with zero attached hydrogens (tertiary/aromatic N) is 4. The van der Waals surface area contributed by atoms with Crippen molar-refractivity contribution < 1.29 is 32.9 Å². The van der Waals surface area contributed by atoms with Gasteiger partial charge in [-0.1, -0.05) is 71.9 Å². The number of non-ortho nitro benzene ring substituents is 1. The third-order valence-corrected chi connectivity index (χ3v) is 8.74. The lowest BCUT2D eigenvalue weighted by Crippen LogP contribution is -2.32. The van der Waals surface area contributed by atoms with Crippen molar-refractivity contribution in [1.29, 1.82) is 0 Å². The average Bonchev–Trinajstić information content (AvgIpc) is 3.47. The Labute approximate surface area is 290 Å². The molecule has 10 nitrogen and oxygen atoms in total. The number of nitro benzene ring substituents is 1. The number of thiophene rings is 1. The van der Waals surface area contributed by atoms with E-state index >= 15 is 8.78 Å². The Morgan fingerprint density at radius 2 is 1.40 bits per heavy atom. The number of anilines is 1. The summed E-state index contributed by atoms with van der Waals surface area (Å²) in [4.78, 5) is 47.5. The van der Waals surface area contributed by atoms with Gasteiger partial charge in [-0.2, -0.15) is 0 Å². The second-order valence-corrected chi connectivity index (χ2v) is 12.2. The zero-order chi connectivity index (χ0) is 35.8. The number of ether oxygens (including phenoxy) is 1. The Balaban J connectivity index is 1.71. The fourth-order valence-electron chi connectivity index (χ4n) is 5.15. The fraction of sp³-hybridized carbons (Fsp3) is 0.162. The van der Waals surface area contributed by atoms with Gasteiger partial charge in [0.1, 0.15) is 22.3 Å². The van der Waals surface area contributed by atoms with Gasteiger partial charge in [0.15, 0.2) is 0 Å². The summed E-state index contributed by atoms with van der Waals surface area (Å²) in [5.41, 5.74) is 1.91. The quantitative estimate of drug-likeness (QED) is 0.0422. The highest BCUT2D eigenvalue weighted by Gasteiger charge is 2.34. The van der Waals surface area contributed by atoms with E-state index in [4.69, 9.17) is 9.57 Å². The third kappa shape index (κ3) is 8.08. The summed E-state index contributed by atoms with van der Waals surface area (Å²) < 4.78 is 35.7. The van der Waals surface area contributed by atoms with Crippen molar-refractivity contribution in [3.8, 4) is 10.4 Å². The smallest absolute Gasteiger partial charge is 0.441 e. The molecule has 0 bridgehead atoms. The Morgan fingerprint density at radius 1 is 0.820 bits per heavy atom. The van der Waals surface area contributed by atoms with Crippen LogP contribution in [0.3, 0.4) is 0 Å². The van der Waals surface area contributed by atoms with Gasteiger partial charge in [-0.25, -0.2) is 18.4 Å². The maximum absolute atomic E-state index is 15.2. The van der Waals surface area contributed by atoms with E-state index in [-0.39, 0.29) is 29.4 Å². The van der Waals surface area contributed by atoms with Gasteiger partial charge in [0.05, 0.1) is 23.6 Å². The first-order valence-corrected chi connectivity index (χ1v) is 16.2. The number of rotatable bonds is 12. The molecule has 1 aromatic heterocycles. The normalized spacial score (nSPS) is 10.8. The summed E-state index contributed by atoms with van der Waals surface area (Å²) in [6.07, 6.45) is -1.13. The summed E-state index contributed by atoms with van der Waals surface area (Å²) in [5, 5.41) is 15.6. The zero-order valence-corrected chi connectivity index (χ0v) is 28.2. The van der Waals surface area contributed by atoms with Gasteiger partial charge < -0.3 is 9.64 Å². The highest BCUT2D eigenvalue weighted by molar-refractivity contribution is 7.20. The van der Waals surface area contributed by atoms with E-state index in [1.807, 2.05) is 12.1 Å². The van der Waals surface area contributed by atoms with Gasteiger partial charge >= 0.3 is 12.1 Å². The van der Waals surface area contributed by atoms with Crippen LogP contribution in [0.15, 0.2) is 108 Å². The van der Waals surface area contributed by atoms with Crippen LogP contribution >= 0.6 is 11.3 Å². The van der Waals surface area contributed by atoms with Gasteiger partial charge in [0.25, 0.3) is 5.69 Å². The predicted octanol–water partition coefficient (Wildman–Crippen LogP) is 8.44. The average molecular weight is 699 g/mol. The van der Waals surface area contributed by atoms with Crippen LogP contribution in [0.5, 0.6) is 0 Å². The monoisotopic (exact) mass is 698 g/mol. The molecule has 4 aromatic carbocycles. The van der Waals surface area contributed by atoms with E-state index in [2.05, 4.69) is 5.16 Å². The number of hydrogen-bond donors (Lipinski definition) is 0. The van der Waals surface area contributed by atoms with Crippen LogP contribution in [-0.2, 0) is 22.7 Å². The number of oxime groups is 1. The Kier molecular flexibility index (Phi) is 11.4. The van der Waals surface area contributed by atoms with Crippen molar-refractivity contribution in [2.75, 3.05) is 25.6 Å². The van der Waals surface area contributed by atoms with Crippen LogP contribution in [-0.4, -0.2) is 48.3 Å². The van der Waals surface area contributed by atoms with Crippen molar-refractivity contribution in [2.45, 2.75) is 20.0 Å². The van der Waals surface area contributed by atoms with E-state index < -0.39 is 40.7 Å². The minimum atomic E-state index is -1.13. The van der Waals surface area contributed by atoms with Crippen LogP contribution in [0.2, 0.25) is 0 Å². The molecule has 1 heterocycles. The van der Waals surface area contributed by atoms with Crippen molar-refractivity contribution in [2.24, 2.45) is 5.16 Å². The van der Waals surface area contributed by atoms with Crippen molar-refractivity contribution in [3.05, 3.63) is 153 Å². The first-order valence-electron chi connectivity index (χ1n) is 15.4. The lowest BCUT2D eigenvalue weighted by atomic mass is 10.0. The van der Waals surface area contributed by atoms with Gasteiger partial charge in [-0.05, 0) is 50.8 Å². The number of carbonyl (C=O) groups is 2. The van der Waals surface area contributed by atoms with E-state index in [0.717, 1.165) is 28.4 Å². The molecule has 0 saturated carbocycles. The molecule has 0 spiro atoms. The van der Waals surface area contributed by atoms with E-state index in [9.17, 15) is 19.7 Å². The largest absolute Gasteiger partial charge is 0.462 e. The maximum Gasteiger partial charge on any atom is 0.441 e. The van der Waals surface area contributed by atoms with Crippen molar-refractivity contribution in [3.63, 3.8) is 0 Å². The molecule has 0 atom stereocenters. The van der Waals surface area contributed by atoms with Gasteiger partial charge in [0, 0.05) is 45.8 Å². The molecular weight excluding hydrogens is 666 g/mol. The van der Waals surface area contributed by atoms with Crippen molar-refractivity contribution in [1.82, 2.24) is 4.90 Å². The first kappa shape index (κ1) is 35.5. The van der Waals surface area contributed by atoms with Crippen LogP contribution < -0.4 is 4.90 Å². The Morgan fingerprint density at radius 3 is 1.92 bits per heavy atom. The number of nitro groups is 1. The molecule has 0 N–H and O–H groups in total. The number of halogens is 2. The van der Waals surface area contributed by atoms with Crippen LogP contribution in [0.4, 0.5) is 24.3 Å². The topological polar surface area (TPSA) is 115 Å². The molecular formula is C37H32F2N4O6S. The minimum absolute atomic E-state index is 0.00339. The molecule has 0 aliphatic carbocycles. The molecule has 5 aromatic rings. The molecule has 0 saturated heterocycles. The fourth-order valence-corrected chi connectivity index (χ4v) is 6.44. The molecule has 256 valence electrons. The molecule has 0 radical (unpaired) electrons. The van der Waals surface area contributed by atoms with E-state index in [0.29, 0.717) is 32.8 Å². The first-order chi connectivity index (χ1) is 24.1. The molecule has 1 amide bonds. The van der Waals surface area contributed by atoms with Crippen molar-refractivity contribution >= 4 is 39.8 Å². The third-order valence-electron chi connectivity index (χ3n) is 7.44. The SMILES string of the molecule is CCOC(=O)c1c(N(Cc2c(F)cccc2F)C(=O)ON=C(c2ccccc2)c2ccccc2)sc(-c2ccc([N+](=O)[O-])cc2)c1CN(C)C. The molecule has 13 heteroatoms. The minimum Gasteiger partial charge on any atom is -0.462 e. The summed E-state index contributed by atoms with van der Waals surface area (Å²) >= 11 is 0.978. The Bertz CT molecular complexity index is 1960. The highest BCUT2D eigenvalue weighted by Crippen LogP contribution is 2.44. The van der Waals surface area contributed by atoms with Crippen LogP contribution in [0.25, 0.3) is 10.4 Å². The van der Waals surface area contributed by atoms with Gasteiger partial charge in [-0.15, -0.1) is 11.3 Å². The number of hydrogen-bond acceptors (Lipinski definition) is 9. The highest BCUT2D eigenvalue weighted by atomic mass is 32.1. The van der Waals surface area contributed by atoms with Crippen LogP contribution in [0.1, 0.15) is 39.5 Å². The molecule has 0 unspecified atom stereocenters. The summed E-state index contributed by atoms with van der Waals surface area (Å²) in [6.45, 7) is 1.12. The maximum atomic E-state index is 15.2. The molecule has 5 rings (SSSR count).